The molecule has 0 aliphatic carbocycles. The fraction of sp³-hybridized carbons (Fsp3) is 0.154. The van der Waals surface area contributed by atoms with Crippen molar-refractivity contribution in [3.05, 3.63) is 61.7 Å². The predicted octanol–water partition coefficient (Wildman–Crippen LogP) is 2.85. The molecule has 98 valence electrons. The van der Waals surface area contributed by atoms with Crippen LogP contribution in [0.5, 0.6) is 0 Å². The molecule has 2 rings (SSSR count). The van der Waals surface area contributed by atoms with Gasteiger partial charge in [-0.25, -0.2) is 4.98 Å². The van der Waals surface area contributed by atoms with E-state index in [0.29, 0.717) is 20.8 Å². The molecule has 6 heteroatoms. The fourth-order valence-electron chi connectivity index (χ4n) is 1.59. The minimum absolute atomic E-state index is 0.0888. The average molecular weight is 342 g/mol. The van der Waals surface area contributed by atoms with E-state index in [2.05, 4.69) is 20.9 Å². The van der Waals surface area contributed by atoms with Crippen molar-refractivity contribution < 1.29 is 4.79 Å². The molecule has 0 radical (unpaired) electrons. The first kappa shape index (κ1) is 14.0. The maximum absolute atomic E-state index is 12.1. The summed E-state index contributed by atoms with van der Waals surface area (Å²) in [7, 11) is 0. The van der Waals surface area contributed by atoms with Gasteiger partial charge in [0.25, 0.3) is 5.56 Å². The van der Waals surface area contributed by atoms with Gasteiger partial charge in [-0.15, -0.1) is 0 Å². The van der Waals surface area contributed by atoms with E-state index >= 15 is 0 Å². The van der Waals surface area contributed by atoms with Crippen molar-refractivity contribution in [3.8, 4) is 0 Å². The Kier molecular flexibility index (Phi) is 4.17. The summed E-state index contributed by atoms with van der Waals surface area (Å²) in [6.45, 7) is 1.63. The van der Waals surface area contributed by atoms with E-state index in [0.717, 1.165) is 0 Å². The van der Waals surface area contributed by atoms with Crippen molar-refractivity contribution in [1.29, 1.82) is 0 Å². The number of aromatic nitrogens is 2. The quantitative estimate of drug-likeness (QED) is 0.807. The standard InChI is InChI=1S/C13H10BrClN2O2/c1-8-12(14)13(19)17(7-16-8)6-11(18)9-4-2-3-5-10(9)15/h2-5,7H,6H2,1H3. The number of nitrogens with zero attached hydrogens (tertiary/aromatic N) is 2. The number of rotatable bonds is 3. The maximum Gasteiger partial charge on any atom is 0.268 e. The molecular formula is C13H10BrClN2O2. The van der Waals surface area contributed by atoms with Crippen molar-refractivity contribution in [2.45, 2.75) is 13.5 Å². The van der Waals surface area contributed by atoms with Gasteiger partial charge >= 0.3 is 0 Å². The smallest absolute Gasteiger partial charge is 0.268 e. The molecule has 0 unspecified atom stereocenters. The van der Waals surface area contributed by atoms with Crippen LogP contribution in [-0.4, -0.2) is 15.3 Å². The first-order chi connectivity index (χ1) is 9.00. The van der Waals surface area contributed by atoms with Crippen LogP contribution in [0.2, 0.25) is 5.02 Å². The third-order valence-electron chi connectivity index (χ3n) is 2.65. The summed E-state index contributed by atoms with van der Waals surface area (Å²) in [5, 5.41) is 0.375. The van der Waals surface area contributed by atoms with Gasteiger partial charge in [0.15, 0.2) is 5.78 Å². The lowest BCUT2D eigenvalue weighted by Gasteiger charge is -2.07. The van der Waals surface area contributed by atoms with Gasteiger partial charge in [0, 0.05) is 5.56 Å². The number of Topliss-reactive ketones (excluding diaryl/α,β-unsaturated/α-hetero) is 1. The van der Waals surface area contributed by atoms with Crippen LogP contribution in [0.15, 0.2) is 39.9 Å². The molecular weight excluding hydrogens is 332 g/mol. The molecule has 0 N–H and O–H groups in total. The molecule has 0 amide bonds. The summed E-state index contributed by atoms with van der Waals surface area (Å²) in [6.07, 6.45) is 1.36. The van der Waals surface area contributed by atoms with Crippen LogP contribution in [0.1, 0.15) is 16.1 Å². The van der Waals surface area contributed by atoms with E-state index in [1.54, 1.807) is 31.2 Å². The molecule has 0 atom stereocenters. The van der Waals surface area contributed by atoms with Crippen LogP contribution in [0.25, 0.3) is 0 Å². The van der Waals surface area contributed by atoms with E-state index in [1.165, 1.54) is 10.9 Å². The normalized spacial score (nSPS) is 10.5. The molecule has 0 aliphatic rings. The largest absolute Gasteiger partial charge is 0.292 e. The second-order valence-corrected chi connectivity index (χ2v) is 5.18. The Morgan fingerprint density at radius 2 is 2.11 bits per heavy atom. The van der Waals surface area contributed by atoms with E-state index < -0.39 is 0 Å². The highest BCUT2D eigenvalue weighted by Crippen LogP contribution is 2.16. The number of carbonyl (C=O) groups excluding carboxylic acids is 1. The lowest BCUT2D eigenvalue weighted by Crippen LogP contribution is -2.26. The maximum atomic E-state index is 12.1. The molecule has 0 spiro atoms. The Bertz CT molecular complexity index is 697. The SMILES string of the molecule is Cc1ncn(CC(=O)c2ccccc2Cl)c(=O)c1Br. The fourth-order valence-corrected chi connectivity index (χ4v) is 2.16. The van der Waals surface area contributed by atoms with Gasteiger partial charge in [0.2, 0.25) is 0 Å². The molecule has 0 aliphatic heterocycles. The Balaban J connectivity index is 2.33. The van der Waals surface area contributed by atoms with Crippen LogP contribution in [-0.2, 0) is 6.54 Å². The minimum Gasteiger partial charge on any atom is -0.292 e. The topological polar surface area (TPSA) is 52.0 Å². The van der Waals surface area contributed by atoms with E-state index in [1.807, 2.05) is 0 Å². The number of ketones is 1. The second-order valence-electron chi connectivity index (χ2n) is 3.98. The van der Waals surface area contributed by atoms with Crippen molar-refractivity contribution in [2.24, 2.45) is 0 Å². The number of hydrogen-bond acceptors (Lipinski definition) is 3. The summed E-state index contributed by atoms with van der Waals surface area (Å²) in [5.74, 6) is -0.231. The number of hydrogen-bond donors (Lipinski definition) is 0. The van der Waals surface area contributed by atoms with Gasteiger partial charge < -0.3 is 0 Å². The molecule has 1 heterocycles. The monoisotopic (exact) mass is 340 g/mol. The number of halogens is 2. The molecule has 19 heavy (non-hydrogen) atoms. The van der Waals surface area contributed by atoms with E-state index in [9.17, 15) is 9.59 Å². The second kappa shape index (κ2) is 5.67. The van der Waals surface area contributed by atoms with Crippen LogP contribution in [0.3, 0.4) is 0 Å². The Hall–Kier alpha value is -1.46. The van der Waals surface area contributed by atoms with Crippen LogP contribution in [0.4, 0.5) is 0 Å². The van der Waals surface area contributed by atoms with Gasteiger partial charge in [-0.05, 0) is 35.0 Å². The van der Waals surface area contributed by atoms with Gasteiger partial charge in [-0.2, -0.15) is 0 Å². The molecule has 4 nitrogen and oxygen atoms in total. The molecule has 0 saturated carbocycles. The first-order valence-electron chi connectivity index (χ1n) is 5.50. The molecule has 1 aromatic carbocycles. The number of aryl methyl sites for hydroxylation is 1. The van der Waals surface area contributed by atoms with E-state index in [4.69, 9.17) is 11.6 Å². The lowest BCUT2D eigenvalue weighted by atomic mass is 10.1. The Labute approximate surface area is 123 Å². The van der Waals surface area contributed by atoms with Crippen molar-refractivity contribution in [1.82, 2.24) is 9.55 Å². The zero-order valence-electron chi connectivity index (χ0n) is 10.1. The molecule has 1 aromatic heterocycles. The molecule has 0 saturated heterocycles. The van der Waals surface area contributed by atoms with Gasteiger partial charge in [-0.3, -0.25) is 14.2 Å². The third kappa shape index (κ3) is 2.93. The number of benzene rings is 1. The zero-order chi connectivity index (χ0) is 14.0. The zero-order valence-corrected chi connectivity index (χ0v) is 12.4. The van der Waals surface area contributed by atoms with Gasteiger partial charge in [-0.1, -0.05) is 23.7 Å². The summed E-state index contributed by atoms with van der Waals surface area (Å²) in [4.78, 5) is 28.1. The molecule has 0 fully saturated rings. The highest BCUT2D eigenvalue weighted by Gasteiger charge is 2.13. The summed E-state index contributed by atoms with van der Waals surface area (Å²) in [6, 6.07) is 6.74. The lowest BCUT2D eigenvalue weighted by molar-refractivity contribution is 0.0970. The molecule has 2 aromatic rings. The average Bonchev–Trinajstić information content (AvgIpc) is 2.40. The highest BCUT2D eigenvalue weighted by molar-refractivity contribution is 9.10. The predicted molar refractivity (Wildman–Crippen MR) is 76.7 cm³/mol. The van der Waals surface area contributed by atoms with Crippen molar-refractivity contribution >= 4 is 33.3 Å². The third-order valence-corrected chi connectivity index (χ3v) is 3.89. The Morgan fingerprint density at radius 1 is 1.42 bits per heavy atom. The highest BCUT2D eigenvalue weighted by atomic mass is 79.9. The van der Waals surface area contributed by atoms with Crippen LogP contribution >= 0.6 is 27.5 Å². The number of carbonyl (C=O) groups is 1. The van der Waals surface area contributed by atoms with Crippen molar-refractivity contribution in [3.63, 3.8) is 0 Å². The Morgan fingerprint density at radius 3 is 2.79 bits per heavy atom. The summed E-state index contributed by atoms with van der Waals surface area (Å²) in [5.41, 5.74) is 0.701. The summed E-state index contributed by atoms with van der Waals surface area (Å²) < 4.78 is 1.62. The van der Waals surface area contributed by atoms with Gasteiger partial charge in [0.1, 0.15) is 4.47 Å². The van der Waals surface area contributed by atoms with Crippen LogP contribution < -0.4 is 5.56 Å². The van der Waals surface area contributed by atoms with Crippen molar-refractivity contribution in [2.75, 3.05) is 0 Å². The summed E-state index contributed by atoms with van der Waals surface area (Å²) >= 11 is 9.11. The minimum atomic E-state index is -0.284. The van der Waals surface area contributed by atoms with Gasteiger partial charge in [0.05, 0.1) is 23.6 Å². The van der Waals surface area contributed by atoms with Crippen LogP contribution in [0, 0.1) is 6.92 Å². The first-order valence-corrected chi connectivity index (χ1v) is 6.67. The molecule has 0 bridgehead atoms. The van der Waals surface area contributed by atoms with E-state index in [-0.39, 0.29) is 17.9 Å².